The van der Waals surface area contributed by atoms with Gasteiger partial charge in [0.25, 0.3) is 0 Å². The van der Waals surface area contributed by atoms with Gasteiger partial charge in [-0.05, 0) is 18.6 Å². The van der Waals surface area contributed by atoms with E-state index in [-0.39, 0.29) is 17.9 Å². The second kappa shape index (κ2) is 4.38. The highest BCUT2D eigenvalue weighted by Crippen LogP contribution is 2.21. The molecule has 0 aromatic heterocycles. The van der Waals surface area contributed by atoms with E-state index in [0.29, 0.717) is 11.8 Å². The average molecular weight is 193 g/mol. The van der Waals surface area contributed by atoms with Crippen LogP contribution in [-0.4, -0.2) is 12.9 Å². The second-order valence-corrected chi connectivity index (χ2v) is 2.70. The van der Waals surface area contributed by atoms with Crippen molar-refractivity contribution >= 4 is 6.29 Å². The number of nitriles is 1. The maximum atomic E-state index is 13.0. The Balaban J connectivity index is 3.08. The van der Waals surface area contributed by atoms with Crippen molar-refractivity contribution in [3.05, 3.63) is 29.1 Å². The lowest BCUT2D eigenvalue weighted by molar-refractivity contribution is 0.112. The summed E-state index contributed by atoms with van der Waals surface area (Å²) in [4.78, 5) is 10.6. The first kappa shape index (κ1) is 10.2. The van der Waals surface area contributed by atoms with Crippen LogP contribution in [0.15, 0.2) is 12.1 Å². The van der Waals surface area contributed by atoms with Crippen LogP contribution in [0.3, 0.4) is 0 Å². The van der Waals surface area contributed by atoms with Crippen molar-refractivity contribution in [2.45, 2.75) is 6.92 Å². The minimum Gasteiger partial charge on any atom is -0.478 e. The molecule has 1 aromatic carbocycles. The molecule has 3 nitrogen and oxygen atoms in total. The van der Waals surface area contributed by atoms with E-state index in [1.807, 2.05) is 0 Å². The summed E-state index contributed by atoms with van der Waals surface area (Å²) in [6.45, 7) is 1.35. The van der Waals surface area contributed by atoms with Crippen LogP contribution in [0.4, 0.5) is 4.39 Å². The van der Waals surface area contributed by atoms with Gasteiger partial charge in [-0.15, -0.1) is 0 Å². The van der Waals surface area contributed by atoms with Gasteiger partial charge >= 0.3 is 0 Å². The summed E-state index contributed by atoms with van der Waals surface area (Å²) in [7, 11) is 0. The van der Waals surface area contributed by atoms with Crippen molar-refractivity contribution < 1.29 is 13.9 Å². The fraction of sp³-hybridized carbons (Fsp3) is 0.200. The van der Waals surface area contributed by atoms with Crippen LogP contribution in [0, 0.1) is 24.1 Å². The Hall–Kier alpha value is -1.89. The number of aldehydes is 1. The van der Waals surface area contributed by atoms with Crippen LogP contribution in [0.25, 0.3) is 0 Å². The first-order chi connectivity index (χ1) is 6.69. The summed E-state index contributed by atoms with van der Waals surface area (Å²) >= 11 is 0. The van der Waals surface area contributed by atoms with E-state index in [0.717, 1.165) is 6.07 Å². The zero-order valence-electron chi connectivity index (χ0n) is 7.58. The Morgan fingerprint density at radius 3 is 2.93 bits per heavy atom. The number of hydrogen-bond acceptors (Lipinski definition) is 3. The topological polar surface area (TPSA) is 50.1 Å². The lowest BCUT2D eigenvalue weighted by Gasteiger charge is -2.06. The van der Waals surface area contributed by atoms with E-state index in [1.165, 1.54) is 6.07 Å². The Morgan fingerprint density at radius 1 is 1.64 bits per heavy atom. The molecule has 72 valence electrons. The number of nitrogens with zero attached hydrogens (tertiary/aromatic N) is 1. The molecule has 0 radical (unpaired) electrons. The third kappa shape index (κ3) is 2.07. The highest BCUT2D eigenvalue weighted by atomic mass is 19.1. The Morgan fingerprint density at radius 2 is 2.36 bits per heavy atom. The minimum atomic E-state index is -0.455. The highest BCUT2D eigenvalue weighted by Gasteiger charge is 2.07. The zero-order chi connectivity index (χ0) is 10.6. The molecule has 0 saturated carbocycles. The van der Waals surface area contributed by atoms with Crippen molar-refractivity contribution in [1.82, 2.24) is 0 Å². The third-order valence-corrected chi connectivity index (χ3v) is 1.71. The van der Waals surface area contributed by atoms with E-state index in [4.69, 9.17) is 10.00 Å². The van der Waals surface area contributed by atoms with E-state index in [1.54, 1.807) is 13.0 Å². The van der Waals surface area contributed by atoms with Gasteiger partial charge in [-0.1, -0.05) is 0 Å². The Kier molecular flexibility index (Phi) is 3.19. The Bertz CT molecular complexity index is 396. The Labute approximate surface area is 80.7 Å². The molecule has 0 aliphatic carbocycles. The number of aryl methyl sites for hydroxylation is 1. The summed E-state index contributed by atoms with van der Waals surface area (Å²) in [5.74, 6) is -0.354. The molecule has 0 unspecified atom stereocenters. The summed E-state index contributed by atoms with van der Waals surface area (Å²) in [6.07, 6.45) is 0.569. The normalized spacial score (nSPS) is 9.21. The van der Waals surface area contributed by atoms with Crippen molar-refractivity contribution in [3.63, 3.8) is 0 Å². The molecule has 0 N–H and O–H groups in total. The summed E-state index contributed by atoms with van der Waals surface area (Å²) < 4.78 is 17.9. The van der Waals surface area contributed by atoms with Crippen LogP contribution in [-0.2, 0) is 0 Å². The molecule has 0 aliphatic heterocycles. The molecule has 1 rings (SSSR count). The summed E-state index contributed by atoms with van der Waals surface area (Å²) in [5.41, 5.74) is 0.621. The van der Waals surface area contributed by atoms with E-state index in [9.17, 15) is 9.18 Å². The van der Waals surface area contributed by atoms with E-state index in [2.05, 4.69) is 0 Å². The highest BCUT2D eigenvalue weighted by molar-refractivity contribution is 5.79. The molecule has 0 spiro atoms. The number of carbonyl (C=O) groups excluding carboxylic acids is 1. The number of carbonyl (C=O) groups is 1. The van der Waals surface area contributed by atoms with Gasteiger partial charge in [0.15, 0.2) is 12.9 Å². The zero-order valence-corrected chi connectivity index (χ0v) is 7.58. The van der Waals surface area contributed by atoms with Gasteiger partial charge in [-0.3, -0.25) is 4.79 Å². The van der Waals surface area contributed by atoms with E-state index >= 15 is 0 Å². The number of benzene rings is 1. The molecule has 14 heavy (non-hydrogen) atoms. The van der Waals surface area contributed by atoms with Crippen molar-refractivity contribution in [2.75, 3.05) is 6.61 Å². The van der Waals surface area contributed by atoms with Gasteiger partial charge < -0.3 is 4.74 Å². The lowest BCUT2D eigenvalue weighted by Crippen LogP contribution is -1.99. The maximum Gasteiger partial charge on any atom is 0.174 e. The minimum absolute atomic E-state index is 0.102. The number of ether oxygens (including phenoxy) is 1. The second-order valence-electron chi connectivity index (χ2n) is 2.70. The molecular weight excluding hydrogens is 185 g/mol. The van der Waals surface area contributed by atoms with Gasteiger partial charge in [-0.2, -0.15) is 5.26 Å². The van der Waals surface area contributed by atoms with Crippen LogP contribution in [0.1, 0.15) is 15.9 Å². The van der Waals surface area contributed by atoms with Crippen LogP contribution >= 0.6 is 0 Å². The molecule has 4 heteroatoms. The monoisotopic (exact) mass is 193 g/mol. The van der Waals surface area contributed by atoms with Crippen LogP contribution in [0.5, 0.6) is 5.75 Å². The third-order valence-electron chi connectivity index (χ3n) is 1.71. The molecule has 1 aromatic rings. The summed E-state index contributed by atoms with van der Waals surface area (Å²) in [6, 6.07) is 4.23. The molecule has 0 atom stereocenters. The fourth-order valence-electron chi connectivity index (χ4n) is 1.01. The van der Waals surface area contributed by atoms with Crippen molar-refractivity contribution in [2.24, 2.45) is 0 Å². The predicted molar refractivity (Wildman–Crippen MR) is 47.6 cm³/mol. The molecule has 0 fully saturated rings. The average Bonchev–Trinajstić information content (AvgIpc) is 2.19. The predicted octanol–water partition coefficient (Wildman–Crippen LogP) is 1.85. The van der Waals surface area contributed by atoms with Gasteiger partial charge in [0, 0.05) is 6.07 Å². The summed E-state index contributed by atoms with van der Waals surface area (Å²) in [5, 5.41) is 8.26. The standard InChI is InChI=1S/C10H8FNO2/c1-7-4-8(6-13)10(5-9(7)11)14-3-2-12/h4-6H,3H2,1H3. The van der Waals surface area contributed by atoms with E-state index < -0.39 is 5.82 Å². The van der Waals surface area contributed by atoms with Crippen molar-refractivity contribution in [1.29, 1.82) is 5.26 Å². The van der Waals surface area contributed by atoms with Gasteiger partial charge in [-0.25, -0.2) is 4.39 Å². The first-order valence-electron chi connectivity index (χ1n) is 3.94. The fourth-order valence-corrected chi connectivity index (χ4v) is 1.01. The van der Waals surface area contributed by atoms with Crippen molar-refractivity contribution in [3.8, 4) is 11.8 Å². The van der Waals surface area contributed by atoms with Gasteiger partial charge in [0.2, 0.25) is 0 Å². The quantitative estimate of drug-likeness (QED) is 0.688. The van der Waals surface area contributed by atoms with Crippen LogP contribution < -0.4 is 4.74 Å². The molecular formula is C10H8FNO2. The first-order valence-corrected chi connectivity index (χ1v) is 3.94. The molecule has 0 aliphatic rings. The number of halogens is 1. The molecule has 0 saturated heterocycles. The largest absolute Gasteiger partial charge is 0.478 e. The molecule has 0 bridgehead atoms. The maximum absolute atomic E-state index is 13.0. The van der Waals surface area contributed by atoms with Gasteiger partial charge in [0.05, 0.1) is 5.56 Å². The smallest absolute Gasteiger partial charge is 0.174 e. The lowest BCUT2D eigenvalue weighted by atomic mass is 10.1. The number of hydrogen-bond donors (Lipinski definition) is 0. The molecule has 0 amide bonds. The number of rotatable bonds is 3. The SMILES string of the molecule is Cc1cc(C=O)c(OCC#N)cc1F. The van der Waals surface area contributed by atoms with Crippen LogP contribution in [0.2, 0.25) is 0 Å². The molecule has 0 heterocycles. The van der Waals surface area contributed by atoms with Gasteiger partial charge in [0.1, 0.15) is 17.6 Å².